The highest BCUT2D eigenvalue weighted by Crippen LogP contribution is 2.45. The first-order valence-electron chi connectivity index (χ1n) is 8.53. The first-order chi connectivity index (χ1) is 12.0. The van der Waals surface area contributed by atoms with Crippen molar-refractivity contribution in [3.63, 3.8) is 0 Å². The topological polar surface area (TPSA) is 55.8 Å². The number of ether oxygens (including phenoxy) is 1. The molecule has 0 unspecified atom stereocenters. The maximum Gasteiger partial charge on any atom is 0.573 e. The van der Waals surface area contributed by atoms with Gasteiger partial charge < -0.3 is 9.64 Å². The molecule has 5 nitrogen and oxygen atoms in total. The second kappa shape index (κ2) is 6.92. The highest BCUT2D eigenvalue weighted by atomic mass is 32.2. The van der Waals surface area contributed by atoms with Gasteiger partial charge in [0.2, 0.25) is 0 Å². The van der Waals surface area contributed by atoms with Gasteiger partial charge in [-0.3, -0.25) is 4.18 Å². The smallest absolute Gasteiger partial charge is 0.406 e. The Morgan fingerprint density at radius 1 is 1.12 bits per heavy atom. The van der Waals surface area contributed by atoms with Crippen LogP contribution < -0.4 is 9.64 Å². The summed E-state index contributed by atoms with van der Waals surface area (Å²) in [6.45, 7) is 1.65. The monoisotopic (exact) mass is 393 g/mol. The van der Waals surface area contributed by atoms with E-state index in [9.17, 15) is 21.6 Å². The SMILES string of the molecule is CS(=O)(=O)OC1CCC2(CC1)CCN(c1ccc(OC(F)(F)F)cc1)C2. The van der Waals surface area contributed by atoms with Gasteiger partial charge in [0.25, 0.3) is 10.1 Å². The van der Waals surface area contributed by atoms with Gasteiger partial charge in [0.1, 0.15) is 5.75 Å². The molecule has 1 aliphatic heterocycles. The zero-order chi connectivity index (χ0) is 19.0. The quantitative estimate of drug-likeness (QED) is 0.730. The summed E-state index contributed by atoms with van der Waals surface area (Å²) in [6.07, 6.45) is 0.311. The van der Waals surface area contributed by atoms with Gasteiger partial charge in [-0.25, -0.2) is 0 Å². The Labute approximate surface area is 151 Å². The molecule has 1 spiro atoms. The van der Waals surface area contributed by atoms with Gasteiger partial charge in [-0.05, 0) is 61.8 Å². The summed E-state index contributed by atoms with van der Waals surface area (Å²) in [5.74, 6) is -0.228. The standard InChI is InChI=1S/C17H22F3NO4S/c1-26(22,23)25-15-6-8-16(9-7-15)10-11-21(12-16)13-2-4-14(5-3-13)24-17(18,19)20/h2-5,15H,6-12H2,1H3. The van der Waals surface area contributed by atoms with E-state index in [1.807, 2.05) is 0 Å². The molecule has 1 aliphatic carbocycles. The number of benzene rings is 1. The molecule has 1 saturated carbocycles. The molecule has 146 valence electrons. The minimum Gasteiger partial charge on any atom is -0.406 e. The zero-order valence-electron chi connectivity index (χ0n) is 14.5. The van der Waals surface area contributed by atoms with Crippen LogP contribution in [0.4, 0.5) is 18.9 Å². The second-order valence-corrected chi connectivity index (χ2v) is 8.81. The Morgan fingerprint density at radius 2 is 1.73 bits per heavy atom. The van der Waals surface area contributed by atoms with Crippen molar-refractivity contribution in [1.29, 1.82) is 0 Å². The Bertz CT molecular complexity index is 725. The van der Waals surface area contributed by atoms with Crippen LogP contribution in [0.15, 0.2) is 24.3 Å². The van der Waals surface area contributed by atoms with Gasteiger partial charge in [-0.15, -0.1) is 13.2 Å². The molecule has 1 heterocycles. The third kappa shape index (κ3) is 5.03. The van der Waals surface area contributed by atoms with E-state index in [1.165, 1.54) is 12.1 Å². The van der Waals surface area contributed by atoms with E-state index >= 15 is 0 Å². The predicted octanol–water partition coefficient (Wildman–Crippen LogP) is 3.70. The lowest BCUT2D eigenvalue weighted by Crippen LogP contribution is -2.34. The zero-order valence-corrected chi connectivity index (χ0v) is 15.3. The van der Waals surface area contributed by atoms with Crippen molar-refractivity contribution < 1.29 is 30.5 Å². The lowest BCUT2D eigenvalue weighted by Gasteiger charge is -2.36. The molecule has 0 bridgehead atoms. The Kier molecular flexibility index (Phi) is 5.13. The molecular formula is C17H22F3NO4S. The van der Waals surface area contributed by atoms with Crippen LogP contribution in [0.3, 0.4) is 0 Å². The summed E-state index contributed by atoms with van der Waals surface area (Å²) < 4.78 is 68.2. The van der Waals surface area contributed by atoms with E-state index in [2.05, 4.69) is 9.64 Å². The fourth-order valence-electron chi connectivity index (χ4n) is 3.97. The molecule has 0 N–H and O–H groups in total. The summed E-state index contributed by atoms with van der Waals surface area (Å²) in [7, 11) is -3.43. The van der Waals surface area contributed by atoms with Gasteiger partial charge in [-0.1, -0.05) is 0 Å². The van der Waals surface area contributed by atoms with Crippen molar-refractivity contribution in [3.05, 3.63) is 24.3 Å². The fraction of sp³-hybridized carbons (Fsp3) is 0.647. The number of rotatable bonds is 4. The molecule has 1 saturated heterocycles. The highest BCUT2D eigenvalue weighted by molar-refractivity contribution is 7.86. The van der Waals surface area contributed by atoms with Gasteiger partial charge in [0, 0.05) is 18.8 Å². The van der Waals surface area contributed by atoms with E-state index < -0.39 is 16.5 Å². The average molecular weight is 393 g/mol. The van der Waals surface area contributed by atoms with Gasteiger partial charge >= 0.3 is 6.36 Å². The highest BCUT2D eigenvalue weighted by Gasteiger charge is 2.42. The Morgan fingerprint density at radius 3 is 2.27 bits per heavy atom. The first-order valence-corrected chi connectivity index (χ1v) is 10.3. The van der Waals surface area contributed by atoms with Gasteiger partial charge in [0.15, 0.2) is 0 Å². The van der Waals surface area contributed by atoms with E-state index in [0.717, 1.165) is 44.3 Å². The van der Waals surface area contributed by atoms with Crippen LogP contribution in [0, 0.1) is 5.41 Å². The molecular weight excluding hydrogens is 371 g/mol. The van der Waals surface area contributed by atoms with Crippen LogP contribution in [0.25, 0.3) is 0 Å². The van der Waals surface area contributed by atoms with Crippen LogP contribution in [0.5, 0.6) is 5.75 Å². The molecule has 0 amide bonds. The fourth-order valence-corrected chi connectivity index (χ4v) is 4.66. The van der Waals surface area contributed by atoms with Crippen LogP contribution in [0.2, 0.25) is 0 Å². The molecule has 9 heteroatoms. The minimum absolute atomic E-state index is 0.124. The van der Waals surface area contributed by atoms with Gasteiger partial charge in [-0.2, -0.15) is 8.42 Å². The molecule has 0 aromatic heterocycles. The normalized spacial score (nSPS) is 27.1. The predicted molar refractivity (Wildman–Crippen MR) is 90.6 cm³/mol. The van der Waals surface area contributed by atoms with E-state index in [1.54, 1.807) is 12.1 Å². The number of alkyl halides is 3. The molecule has 1 aromatic rings. The molecule has 0 radical (unpaired) electrons. The molecule has 2 fully saturated rings. The lowest BCUT2D eigenvalue weighted by atomic mass is 9.73. The van der Waals surface area contributed by atoms with Crippen LogP contribution in [0.1, 0.15) is 32.1 Å². The number of halogens is 3. The molecule has 3 rings (SSSR count). The summed E-state index contributed by atoms with van der Waals surface area (Å²) >= 11 is 0. The van der Waals surface area contributed by atoms with E-state index in [-0.39, 0.29) is 17.3 Å². The van der Waals surface area contributed by atoms with Crippen molar-refractivity contribution in [3.8, 4) is 5.75 Å². The van der Waals surface area contributed by atoms with E-state index in [4.69, 9.17) is 4.18 Å². The molecule has 1 aromatic carbocycles. The maximum absolute atomic E-state index is 12.2. The number of hydrogen-bond donors (Lipinski definition) is 0. The average Bonchev–Trinajstić information content (AvgIpc) is 2.92. The summed E-state index contributed by atoms with van der Waals surface area (Å²) in [4.78, 5) is 2.16. The van der Waals surface area contributed by atoms with Crippen molar-refractivity contribution in [2.75, 3.05) is 24.2 Å². The van der Waals surface area contributed by atoms with Crippen molar-refractivity contribution >= 4 is 15.8 Å². The van der Waals surface area contributed by atoms with Gasteiger partial charge in [0.05, 0.1) is 12.4 Å². The summed E-state index contributed by atoms with van der Waals surface area (Å²) in [5, 5.41) is 0. The van der Waals surface area contributed by atoms with Crippen molar-refractivity contribution in [1.82, 2.24) is 0 Å². The van der Waals surface area contributed by atoms with Crippen molar-refractivity contribution in [2.45, 2.75) is 44.6 Å². The van der Waals surface area contributed by atoms with Crippen LogP contribution in [-0.2, 0) is 14.3 Å². The first kappa shape index (κ1) is 19.3. The molecule has 2 aliphatic rings. The summed E-state index contributed by atoms with van der Waals surface area (Å²) in [6, 6.07) is 5.92. The maximum atomic E-state index is 12.2. The largest absolute Gasteiger partial charge is 0.573 e. The third-order valence-corrected chi connectivity index (χ3v) is 5.80. The second-order valence-electron chi connectivity index (χ2n) is 7.21. The number of hydrogen-bond acceptors (Lipinski definition) is 5. The minimum atomic E-state index is -4.69. The third-order valence-electron chi connectivity index (χ3n) is 5.18. The van der Waals surface area contributed by atoms with Crippen LogP contribution >= 0.6 is 0 Å². The number of nitrogens with zero attached hydrogens (tertiary/aromatic N) is 1. The molecule has 26 heavy (non-hydrogen) atoms. The number of anilines is 1. The van der Waals surface area contributed by atoms with Crippen LogP contribution in [-0.4, -0.2) is 40.2 Å². The molecule has 0 atom stereocenters. The van der Waals surface area contributed by atoms with E-state index in [0.29, 0.717) is 12.8 Å². The Balaban J connectivity index is 1.57. The van der Waals surface area contributed by atoms with Crippen molar-refractivity contribution in [2.24, 2.45) is 5.41 Å². The lowest BCUT2D eigenvalue weighted by molar-refractivity contribution is -0.274. The summed E-state index contributed by atoms with van der Waals surface area (Å²) in [5.41, 5.74) is 0.990. The Hall–Kier alpha value is -1.48.